The molecule has 0 radical (unpaired) electrons. The number of ether oxygens (including phenoxy) is 2. The highest BCUT2D eigenvalue weighted by atomic mass is 19.1. The zero-order chi connectivity index (χ0) is 16.6. The Morgan fingerprint density at radius 2 is 1.96 bits per heavy atom. The lowest BCUT2D eigenvalue weighted by Crippen LogP contribution is -2.03. The quantitative estimate of drug-likeness (QED) is 0.838. The number of Topliss-reactive ketones (excluding diaryl/α,β-unsaturated/α-hetero) is 1. The van der Waals surface area contributed by atoms with Crippen molar-refractivity contribution in [1.82, 2.24) is 0 Å². The first-order valence-electron chi connectivity index (χ1n) is 7.63. The molecule has 0 spiro atoms. The molecule has 1 aliphatic rings. The highest BCUT2D eigenvalue weighted by Gasteiger charge is 2.31. The summed E-state index contributed by atoms with van der Waals surface area (Å²) in [4.78, 5) is 12.2. The molecular weight excluding hydrogens is 295 g/mol. The van der Waals surface area contributed by atoms with E-state index in [1.807, 2.05) is 19.1 Å². The molecule has 0 heterocycles. The van der Waals surface area contributed by atoms with Gasteiger partial charge in [0.15, 0.2) is 17.3 Å². The molecule has 3 nitrogen and oxygen atoms in total. The normalized spacial score (nSPS) is 16.3. The Balaban J connectivity index is 1.85. The first-order valence-corrected chi connectivity index (χ1v) is 7.63. The lowest BCUT2D eigenvalue weighted by Gasteiger charge is -2.13. The molecule has 1 aliphatic carbocycles. The SMILES string of the molecule is COc1ccc(COc2ccc(C)c3c2C(=O)C[C@H]3C)cc1F. The molecule has 0 aliphatic heterocycles. The van der Waals surface area contributed by atoms with Crippen LogP contribution < -0.4 is 9.47 Å². The van der Waals surface area contributed by atoms with Crippen molar-refractivity contribution >= 4 is 5.78 Å². The van der Waals surface area contributed by atoms with Gasteiger partial charge < -0.3 is 9.47 Å². The standard InChI is InChI=1S/C19H19FO3/c1-11-4-6-17(19-15(21)8-12(2)18(11)19)23-10-13-5-7-16(22-3)14(20)9-13/h4-7,9,12H,8,10H2,1-3H3/t12-/m1/s1. The summed E-state index contributed by atoms with van der Waals surface area (Å²) < 4.78 is 24.4. The van der Waals surface area contributed by atoms with E-state index in [4.69, 9.17) is 9.47 Å². The monoisotopic (exact) mass is 314 g/mol. The van der Waals surface area contributed by atoms with Gasteiger partial charge in [0.1, 0.15) is 12.4 Å². The molecule has 0 fully saturated rings. The van der Waals surface area contributed by atoms with Crippen molar-refractivity contribution in [2.24, 2.45) is 0 Å². The van der Waals surface area contributed by atoms with Crippen molar-refractivity contribution in [1.29, 1.82) is 0 Å². The molecule has 0 N–H and O–H groups in total. The molecule has 4 heteroatoms. The minimum absolute atomic E-state index is 0.118. The number of fused-ring (bicyclic) bond motifs is 1. The van der Waals surface area contributed by atoms with Gasteiger partial charge in [-0.15, -0.1) is 0 Å². The average molecular weight is 314 g/mol. The average Bonchev–Trinajstić information content (AvgIpc) is 2.83. The van der Waals surface area contributed by atoms with Crippen molar-refractivity contribution in [3.63, 3.8) is 0 Å². The van der Waals surface area contributed by atoms with Crippen LogP contribution in [0.15, 0.2) is 30.3 Å². The minimum atomic E-state index is -0.424. The number of carbonyl (C=O) groups excluding carboxylic acids is 1. The Morgan fingerprint density at radius 3 is 2.65 bits per heavy atom. The summed E-state index contributed by atoms with van der Waals surface area (Å²) in [5, 5.41) is 0. The van der Waals surface area contributed by atoms with Crippen molar-refractivity contribution in [3.8, 4) is 11.5 Å². The molecule has 23 heavy (non-hydrogen) atoms. The van der Waals surface area contributed by atoms with Gasteiger partial charge in [-0.25, -0.2) is 4.39 Å². The van der Waals surface area contributed by atoms with E-state index in [9.17, 15) is 9.18 Å². The second-order valence-electron chi connectivity index (χ2n) is 5.96. The van der Waals surface area contributed by atoms with Crippen LogP contribution in [0.5, 0.6) is 11.5 Å². The fourth-order valence-electron chi connectivity index (χ4n) is 3.19. The zero-order valence-electron chi connectivity index (χ0n) is 13.5. The number of ketones is 1. The number of carbonyl (C=O) groups is 1. The van der Waals surface area contributed by atoms with Gasteiger partial charge in [-0.05, 0) is 47.7 Å². The van der Waals surface area contributed by atoms with Crippen molar-refractivity contribution in [2.45, 2.75) is 32.8 Å². The van der Waals surface area contributed by atoms with Gasteiger partial charge in [0.2, 0.25) is 0 Å². The van der Waals surface area contributed by atoms with Crippen molar-refractivity contribution < 1.29 is 18.7 Å². The maximum absolute atomic E-state index is 13.7. The summed E-state index contributed by atoms with van der Waals surface area (Å²) in [6.45, 7) is 4.27. The molecule has 2 aromatic carbocycles. The van der Waals surface area contributed by atoms with E-state index < -0.39 is 5.82 Å². The van der Waals surface area contributed by atoms with Crippen LogP contribution in [0.25, 0.3) is 0 Å². The summed E-state index contributed by atoms with van der Waals surface area (Å²) in [5.74, 6) is 0.698. The Bertz CT molecular complexity index is 767. The Kier molecular flexibility index (Phi) is 4.07. The van der Waals surface area contributed by atoms with Crippen molar-refractivity contribution in [3.05, 3.63) is 58.4 Å². The molecule has 0 amide bonds. The third-order valence-corrected chi connectivity index (χ3v) is 4.30. The van der Waals surface area contributed by atoms with Crippen LogP contribution >= 0.6 is 0 Å². The number of hydrogen-bond donors (Lipinski definition) is 0. The van der Waals surface area contributed by atoms with Gasteiger partial charge in [-0.3, -0.25) is 4.79 Å². The van der Waals surface area contributed by atoms with E-state index in [0.717, 1.165) is 11.1 Å². The predicted octanol–water partition coefficient (Wildman–Crippen LogP) is 4.41. The van der Waals surface area contributed by atoms with Gasteiger partial charge in [0.05, 0.1) is 12.7 Å². The molecule has 0 bridgehead atoms. The lowest BCUT2D eigenvalue weighted by atomic mass is 9.97. The number of benzene rings is 2. The Hall–Kier alpha value is -2.36. The number of methoxy groups -OCH3 is 1. The molecule has 120 valence electrons. The van der Waals surface area contributed by atoms with Gasteiger partial charge in [-0.1, -0.05) is 19.1 Å². The fraction of sp³-hybridized carbons (Fsp3) is 0.316. The highest BCUT2D eigenvalue weighted by molar-refractivity contribution is 6.04. The number of halogens is 1. The second-order valence-corrected chi connectivity index (χ2v) is 5.96. The van der Waals surface area contributed by atoms with Crippen LogP contribution in [0.1, 0.15) is 46.3 Å². The van der Waals surface area contributed by atoms with E-state index in [1.54, 1.807) is 12.1 Å². The molecule has 0 unspecified atom stereocenters. The fourth-order valence-corrected chi connectivity index (χ4v) is 3.19. The maximum Gasteiger partial charge on any atom is 0.167 e. The van der Waals surface area contributed by atoms with E-state index in [-0.39, 0.29) is 24.1 Å². The summed E-state index contributed by atoms with van der Waals surface area (Å²) in [6.07, 6.45) is 0.522. The van der Waals surface area contributed by atoms with Gasteiger partial charge in [0, 0.05) is 6.42 Å². The molecule has 0 aromatic heterocycles. The Labute approximate surface area is 135 Å². The van der Waals surface area contributed by atoms with Crippen LogP contribution in [-0.2, 0) is 6.61 Å². The van der Waals surface area contributed by atoms with Crippen LogP contribution in [0.3, 0.4) is 0 Å². The van der Waals surface area contributed by atoms with E-state index in [0.29, 0.717) is 23.3 Å². The summed E-state index contributed by atoms with van der Waals surface area (Å²) in [6, 6.07) is 8.50. The first kappa shape index (κ1) is 15.5. The largest absolute Gasteiger partial charge is 0.494 e. The van der Waals surface area contributed by atoms with Crippen LogP contribution in [0.2, 0.25) is 0 Å². The molecule has 2 aromatic rings. The smallest absolute Gasteiger partial charge is 0.167 e. The summed E-state index contributed by atoms with van der Waals surface area (Å²) in [5.41, 5.74) is 3.57. The summed E-state index contributed by atoms with van der Waals surface area (Å²) >= 11 is 0. The minimum Gasteiger partial charge on any atom is -0.494 e. The number of hydrogen-bond acceptors (Lipinski definition) is 3. The third-order valence-electron chi connectivity index (χ3n) is 4.30. The van der Waals surface area contributed by atoms with Crippen LogP contribution in [0.4, 0.5) is 4.39 Å². The van der Waals surface area contributed by atoms with Gasteiger partial charge in [-0.2, -0.15) is 0 Å². The topological polar surface area (TPSA) is 35.5 Å². The van der Waals surface area contributed by atoms with E-state index in [1.165, 1.54) is 13.2 Å². The van der Waals surface area contributed by atoms with Gasteiger partial charge >= 0.3 is 0 Å². The second kappa shape index (κ2) is 6.03. The molecule has 3 rings (SSSR count). The van der Waals surface area contributed by atoms with Crippen LogP contribution in [0, 0.1) is 12.7 Å². The summed E-state index contributed by atoms with van der Waals surface area (Å²) in [7, 11) is 1.43. The van der Waals surface area contributed by atoms with E-state index in [2.05, 4.69) is 6.92 Å². The number of rotatable bonds is 4. The molecule has 1 atom stereocenters. The van der Waals surface area contributed by atoms with Crippen LogP contribution in [-0.4, -0.2) is 12.9 Å². The van der Waals surface area contributed by atoms with E-state index >= 15 is 0 Å². The highest BCUT2D eigenvalue weighted by Crippen LogP contribution is 2.40. The van der Waals surface area contributed by atoms with Crippen molar-refractivity contribution in [2.75, 3.05) is 7.11 Å². The zero-order valence-corrected chi connectivity index (χ0v) is 13.5. The van der Waals surface area contributed by atoms with Gasteiger partial charge in [0.25, 0.3) is 0 Å². The molecular formula is C19H19FO3. The maximum atomic E-state index is 13.7. The molecule has 0 saturated carbocycles. The lowest BCUT2D eigenvalue weighted by molar-refractivity contribution is 0.0986. The number of aryl methyl sites for hydroxylation is 1. The third kappa shape index (κ3) is 2.81. The first-order chi connectivity index (χ1) is 11.0. The Morgan fingerprint density at radius 1 is 1.22 bits per heavy atom. The predicted molar refractivity (Wildman–Crippen MR) is 85.8 cm³/mol. The molecule has 0 saturated heterocycles.